The Balaban J connectivity index is 3.15. The second-order valence-electron chi connectivity index (χ2n) is 1.84. The first-order chi connectivity index (χ1) is 4.16. The zero-order valence-electron chi connectivity index (χ0n) is 5.28. The van der Waals surface area contributed by atoms with Crippen molar-refractivity contribution in [1.29, 1.82) is 0 Å². The minimum Gasteiger partial charge on any atom is -0.298 e. The third kappa shape index (κ3) is 5.62. The Kier molecular flexibility index (Phi) is 4.48. The molecule has 0 aromatic carbocycles. The summed E-state index contributed by atoms with van der Waals surface area (Å²) in [5.41, 5.74) is 0. The number of hydrogen-bond acceptors (Lipinski definition) is 1. The van der Waals surface area contributed by atoms with E-state index in [1.54, 1.807) is 0 Å². The van der Waals surface area contributed by atoms with Crippen molar-refractivity contribution >= 4 is 0 Å². The molecule has 0 aliphatic heterocycles. The van der Waals surface area contributed by atoms with Crippen molar-refractivity contribution in [2.75, 3.05) is 26.8 Å². The second kappa shape index (κ2) is 4.61. The summed E-state index contributed by atoms with van der Waals surface area (Å²) in [4.78, 5) is 1.25. The highest BCUT2D eigenvalue weighted by Crippen LogP contribution is 1.94. The molecule has 0 heterocycles. The van der Waals surface area contributed by atoms with E-state index in [1.165, 1.54) is 11.9 Å². The van der Waals surface area contributed by atoms with Gasteiger partial charge in [0.05, 0.1) is 6.54 Å². The normalized spacial score (nSPS) is 11.3. The van der Waals surface area contributed by atoms with Gasteiger partial charge in [0.25, 0.3) is 6.43 Å². The minimum absolute atomic E-state index is 0.0876. The van der Waals surface area contributed by atoms with Gasteiger partial charge in [-0.1, -0.05) is 0 Å². The van der Waals surface area contributed by atoms with Crippen molar-refractivity contribution in [3.05, 3.63) is 0 Å². The van der Waals surface area contributed by atoms with Gasteiger partial charge in [-0.3, -0.25) is 4.90 Å². The molecule has 0 N–H and O–H groups in total. The van der Waals surface area contributed by atoms with Crippen molar-refractivity contribution in [3.8, 4) is 0 Å². The van der Waals surface area contributed by atoms with Crippen molar-refractivity contribution in [2.24, 2.45) is 0 Å². The van der Waals surface area contributed by atoms with Crippen LogP contribution in [0.15, 0.2) is 0 Å². The van der Waals surface area contributed by atoms with Gasteiger partial charge in [0.1, 0.15) is 6.67 Å². The van der Waals surface area contributed by atoms with Crippen LogP contribution < -0.4 is 0 Å². The van der Waals surface area contributed by atoms with Crippen LogP contribution in [0.1, 0.15) is 0 Å². The molecule has 0 aromatic rings. The SMILES string of the molecule is CN(CCF)CC(F)F. The monoisotopic (exact) mass is 141 g/mol. The molecule has 0 aliphatic carbocycles. The van der Waals surface area contributed by atoms with Crippen LogP contribution in [0.3, 0.4) is 0 Å². The molecule has 56 valence electrons. The topological polar surface area (TPSA) is 3.24 Å². The average molecular weight is 141 g/mol. The molecule has 0 fully saturated rings. The smallest absolute Gasteiger partial charge is 0.251 e. The summed E-state index contributed by atoms with van der Waals surface area (Å²) in [6.07, 6.45) is -2.36. The predicted octanol–water partition coefficient (Wildman–Crippen LogP) is 1.15. The van der Waals surface area contributed by atoms with E-state index in [0.717, 1.165) is 0 Å². The summed E-state index contributed by atoms with van der Waals surface area (Å²) in [7, 11) is 1.46. The van der Waals surface area contributed by atoms with Crippen molar-refractivity contribution in [3.63, 3.8) is 0 Å². The van der Waals surface area contributed by atoms with Crippen LogP contribution in [0.5, 0.6) is 0 Å². The van der Waals surface area contributed by atoms with Crippen LogP contribution in [-0.2, 0) is 0 Å². The van der Waals surface area contributed by atoms with E-state index in [2.05, 4.69) is 0 Å². The van der Waals surface area contributed by atoms with E-state index >= 15 is 0 Å². The number of nitrogens with zero attached hydrogens (tertiary/aromatic N) is 1. The van der Waals surface area contributed by atoms with Crippen LogP contribution in [0.25, 0.3) is 0 Å². The Morgan fingerprint density at radius 2 is 2.00 bits per heavy atom. The molecule has 0 saturated carbocycles. The maximum Gasteiger partial charge on any atom is 0.251 e. The van der Waals surface area contributed by atoms with Crippen molar-refractivity contribution in [2.45, 2.75) is 6.43 Å². The standard InChI is InChI=1S/C5H10F3N/c1-9(3-2-6)4-5(7)8/h5H,2-4H2,1H3. The number of halogens is 3. The lowest BCUT2D eigenvalue weighted by molar-refractivity contribution is 0.0977. The van der Waals surface area contributed by atoms with Gasteiger partial charge in [-0.15, -0.1) is 0 Å². The van der Waals surface area contributed by atoms with Crippen LogP contribution in [0.4, 0.5) is 13.2 Å². The van der Waals surface area contributed by atoms with Crippen molar-refractivity contribution < 1.29 is 13.2 Å². The van der Waals surface area contributed by atoms with E-state index in [4.69, 9.17) is 0 Å². The van der Waals surface area contributed by atoms with E-state index in [9.17, 15) is 13.2 Å². The highest BCUT2D eigenvalue weighted by molar-refractivity contribution is 4.50. The highest BCUT2D eigenvalue weighted by Gasteiger charge is 2.05. The Labute approximate surface area is 52.5 Å². The fourth-order valence-electron chi connectivity index (χ4n) is 0.471. The molecule has 9 heavy (non-hydrogen) atoms. The lowest BCUT2D eigenvalue weighted by Gasteiger charge is -2.12. The van der Waals surface area contributed by atoms with E-state index in [0.29, 0.717) is 0 Å². The maximum absolute atomic E-state index is 11.4. The first-order valence-electron chi connectivity index (χ1n) is 2.69. The Morgan fingerprint density at radius 3 is 2.33 bits per heavy atom. The van der Waals surface area contributed by atoms with E-state index in [1.807, 2.05) is 0 Å². The maximum atomic E-state index is 11.4. The molecule has 0 aromatic heterocycles. The van der Waals surface area contributed by atoms with Gasteiger partial charge in [0.15, 0.2) is 0 Å². The Morgan fingerprint density at radius 1 is 1.44 bits per heavy atom. The van der Waals surface area contributed by atoms with Gasteiger partial charge in [0, 0.05) is 6.54 Å². The molecular formula is C5H10F3N. The van der Waals surface area contributed by atoms with Crippen LogP contribution in [-0.4, -0.2) is 38.1 Å². The van der Waals surface area contributed by atoms with Gasteiger partial charge in [-0.05, 0) is 7.05 Å². The molecule has 0 rings (SSSR count). The van der Waals surface area contributed by atoms with Gasteiger partial charge < -0.3 is 0 Å². The highest BCUT2D eigenvalue weighted by atomic mass is 19.3. The zero-order chi connectivity index (χ0) is 7.28. The lowest BCUT2D eigenvalue weighted by Crippen LogP contribution is -2.26. The molecular weight excluding hydrogens is 131 g/mol. The van der Waals surface area contributed by atoms with Gasteiger partial charge in [0.2, 0.25) is 0 Å². The lowest BCUT2D eigenvalue weighted by atomic mass is 10.5. The van der Waals surface area contributed by atoms with Crippen LogP contribution in [0.2, 0.25) is 0 Å². The summed E-state index contributed by atoms with van der Waals surface area (Å²) >= 11 is 0. The molecule has 0 radical (unpaired) electrons. The van der Waals surface area contributed by atoms with E-state index in [-0.39, 0.29) is 13.1 Å². The van der Waals surface area contributed by atoms with Crippen LogP contribution >= 0.6 is 0 Å². The van der Waals surface area contributed by atoms with E-state index < -0.39 is 13.1 Å². The fraction of sp³-hybridized carbons (Fsp3) is 1.00. The van der Waals surface area contributed by atoms with Gasteiger partial charge >= 0.3 is 0 Å². The summed E-state index contributed by atoms with van der Waals surface area (Å²) in [6, 6.07) is 0. The molecule has 1 nitrogen and oxygen atoms in total. The molecule has 0 aliphatic rings. The third-order valence-corrected chi connectivity index (χ3v) is 0.916. The molecule has 0 saturated heterocycles. The summed E-state index contributed by atoms with van der Waals surface area (Å²) < 4.78 is 34.3. The predicted molar refractivity (Wildman–Crippen MR) is 29.5 cm³/mol. The number of hydrogen-bond donors (Lipinski definition) is 0. The molecule has 0 unspecified atom stereocenters. The second-order valence-corrected chi connectivity index (χ2v) is 1.84. The number of alkyl halides is 3. The quantitative estimate of drug-likeness (QED) is 0.567. The summed E-state index contributed by atoms with van der Waals surface area (Å²) in [5.74, 6) is 0. The first-order valence-corrected chi connectivity index (χ1v) is 2.69. The molecule has 0 bridgehead atoms. The Hall–Kier alpha value is -0.250. The third-order valence-electron chi connectivity index (χ3n) is 0.916. The molecule has 0 atom stereocenters. The zero-order valence-corrected chi connectivity index (χ0v) is 5.28. The fourth-order valence-corrected chi connectivity index (χ4v) is 0.471. The molecule has 0 spiro atoms. The minimum atomic E-state index is -2.36. The van der Waals surface area contributed by atoms with Crippen molar-refractivity contribution in [1.82, 2.24) is 4.90 Å². The molecule has 0 amide bonds. The number of rotatable bonds is 4. The Bertz CT molecular complexity index is 67.2. The summed E-state index contributed by atoms with van der Waals surface area (Å²) in [5, 5.41) is 0. The largest absolute Gasteiger partial charge is 0.298 e. The van der Waals surface area contributed by atoms with Crippen LogP contribution in [0, 0.1) is 0 Å². The summed E-state index contributed by atoms with van der Waals surface area (Å²) in [6.45, 7) is -0.822. The van der Waals surface area contributed by atoms with Gasteiger partial charge in [-0.25, -0.2) is 13.2 Å². The average Bonchev–Trinajstić information content (AvgIpc) is 1.63. The molecule has 4 heteroatoms. The van der Waals surface area contributed by atoms with Gasteiger partial charge in [-0.2, -0.15) is 0 Å². The first kappa shape index (κ1) is 8.75.